The number of carbonyl (C=O) groups is 2. The summed E-state index contributed by atoms with van der Waals surface area (Å²) in [4.78, 5) is 36.3. The molecule has 1 aliphatic heterocycles. The van der Waals surface area contributed by atoms with Crippen LogP contribution in [0.4, 0.5) is 11.0 Å². The third-order valence-corrected chi connectivity index (χ3v) is 6.90. The Morgan fingerprint density at radius 2 is 1.91 bits per heavy atom. The molecule has 35 heavy (non-hydrogen) atoms. The van der Waals surface area contributed by atoms with Gasteiger partial charge in [-0.05, 0) is 25.0 Å². The van der Waals surface area contributed by atoms with Gasteiger partial charge >= 0.3 is 0 Å². The van der Waals surface area contributed by atoms with Gasteiger partial charge in [-0.25, -0.2) is 4.98 Å². The number of furan rings is 1. The summed E-state index contributed by atoms with van der Waals surface area (Å²) < 4.78 is 11.1. The number of oxazole rings is 1. The van der Waals surface area contributed by atoms with E-state index in [9.17, 15) is 14.9 Å². The van der Waals surface area contributed by atoms with Crippen LogP contribution in [0.25, 0.3) is 22.9 Å². The third kappa shape index (κ3) is 4.58. The molecule has 0 aliphatic carbocycles. The largest absolute Gasteiger partial charge is 0.459 e. The first-order valence-electron chi connectivity index (χ1n) is 11.1. The van der Waals surface area contributed by atoms with Gasteiger partial charge in [-0.1, -0.05) is 41.7 Å². The molecule has 4 aromatic rings. The van der Waals surface area contributed by atoms with E-state index in [0.717, 1.165) is 5.56 Å². The molecular formula is C25H21N5O4S. The lowest BCUT2D eigenvalue weighted by Crippen LogP contribution is -2.38. The first-order valence-corrected chi connectivity index (χ1v) is 11.9. The molecule has 1 N–H and O–H groups in total. The Morgan fingerprint density at radius 3 is 2.57 bits per heavy atom. The van der Waals surface area contributed by atoms with Crippen LogP contribution in [0.2, 0.25) is 0 Å². The quantitative estimate of drug-likeness (QED) is 0.377. The summed E-state index contributed by atoms with van der Waals surface area (Å²) in [7, 11) is 0. The summed E-state index contributed by atoms with van der Waals surface area (Å²) in [6.45, 7) is 2.56. The van der Waals surface area contributed by atoms with Gasteiger partial charge in [0, 0.05) is 31.5 Å². The number of nitrogens with one attached hydrogen (secondary N) is 1. The van der Waals surface area contributed by atoms with Crippen molar-refractivity contribution >= 4 is 34.0 Å². The van der Waals surface area contributed by atoms with Crippen molar-refractivity contribution in [3.05, 3.63) is 59.3 Å². The number of nitrogens with zero attached hydrogens (tertiary/aromatic N) is 4. The maximum absolute atomic E-state index is 13.0. The Morgan fingerprint density at radius 1 is 1.14 bits per heavy atom. The maximum atomic E-state index is 13.0. The molecule has 4 heterocycles. The van der Waals surface area contributed by atoms with Gasteiger partial charge in [0.05, 0.1) is 16.8 Å². The predicted octanol–water partition coefficient (Wildman–Crippen LogP) is 4.99. The second kappa shape index (κ2) is 9.56. The molecule has 176 valence electrons. The molecule has 1 amide bonds. The van der Waals surface area contributed by atoms with E-state index in [0.29, 0.717) is 53.3 Å². The van der Waals surface area contributed by atoms with Gasteiger partial charge in [-0.2, -0.15) is 10.2 Å². The van der Waals surface area contributed by atoms with Gasteiger partial charge < -0.3 is 19.1 Å². The lowest BCUT2D eigenvalue weighted by Gasteiger charge is -2.30. The first-order chi connectivity index (χ1) is 17.0. The van der Waals surface area contributed by atoms with E-state index in [-0.39, 0.29) is 29.2 Å². The Balaban J connectivity index is 1.26. The summed E-state index contributed by atoms with van der Waals surface area (Å²) >= 11 is 1.19. The predicted molar refractivity (Wildman–Crippen MR) is 130 cm³/mol. The number of hydrogen-bond donors (Lipinski definition) is 1. The molecule has 0 bridgehead atoms. The highest BCUT2D eigenvalue weighted by molar-refractivity contribution is 7.18. The van der Waals surface area contributed by atoms with Crippen LogP contribution >= 0.6 is 11.3 Å². The minimum Gasteiger partial charge on any atom is -0.459 e. The summed E-state index contributed by atoms with van der Waals surface area (Å²) in [5.74, 6) is 0.628. The van der Waals surface area contributed by atoms with Crippen molar-refractivity contribution in [2.45, 2.75) is 19.8 Å². The lowest BCUT2D eigenvalue weighted by molar-refractivity contribution is -0.120. The Kier molecular flexibility index (Phi) is 6.16. The zero-order valence-electron chi connectivity index (χ0n) is 18.9. The molecule has 1 aliphatic rings. The Labute approximate surface area is 205 Å². The van der Waals surface area contributed by atoms with Gasteiger partial charge in [0.25, 0.3) is 5.89 Å². The van der Waals surface area contributed by atoms with E-state index in [1.165, 1.54) is 24.5 Å². The average Bonchev–Trinajstić information content (AvgIpc) is 3.64. The van der Waals surface area contributed by atoms with Crippen LogP contribution in [0, 0.1) is 17.2 Å². The highest BCUT2D eigenvalue weighted by Crippen LogP contribution is 2.34. The highest BCUT2D eigenvalue weighted by Gasteiger charge is 2.30. The van der Waals surface area contributed by atoms with E-state index in [1.54, 1.807) is 12.1 Å². The number of piperidine rings is 1. The zero-order chi connectivity index (χ0) is 24.4. The van der Waals surface area contributed by atoms with E-state index in [1.807, 2.05) is 35.2 Å². The highest BCUT2D eigenvalue weighted by atomic mass is 32.1. The minimum atomic E-state index is -0.228. The number of anilines is 2. The van der Waals surface area contributed by atoms with Gasteiger partial charge in [0.1, 0.15) is 6.07 Å². The van der Waals surface area contributed by atoms with Crippen LogP contribution in [-0.2, 0) is 4.79 Å². The molecule has 0 unspecified atom stereocenters. The van der Waals surface area contributed by atoms with Gasteiger partial charge in [0.15, 0.2) is 16.7 Å². The molecular weight excluding hydrogens is 466 g/mol. The number of hydrogen-bond acceptors (Lipinski definition) is 9. The van der Waals surface area contributed by atoms with Crippen LogP contribution in [0.3, 0.4) is 0 Å². The third-order valence-electron chi connectivity index (χ3n) is 5.82. The number of rotatable bonds is 6. The van der Waals surface area contributed by atoms with Crippen LogP contribution < -0.4 is 10.2 Å². The number of benzene rings is 1. The van der Waals surface area contributed by atoms with Crippen LogP contribution in [0.5, 0.6) is 0 Å². The molecule has 0 saturated carbocycles. The summed E-state index contributed by atoms with van der Waals surface area (Å²) in [5, 5.41) is 12.8. The molecule has 5 rings (SSSR count). The smallest absolute Gasteiger partial charge is 0.266 e. The first kappa shape index (κ1) is 22.6. The number of ketones is 1. The standard InChI is InChI=1S/C25H21N5O4S/c1-15(31)21-20(16-6-3-2-4-7-16)28-25(35-21)29-22(32)17-9-11-30(12-10-17)24-18(14-26)27-23(34-24)19-8-5-13-33-19/h2-8,13,17H,9-12H2,1H3,(H,28,29,32). The zero-order valence-corrected chi connectivity index (χ0v) is 19.7. The maximum Gasteiger partial charge on any atom is 0.266 e. The van der Waals surface area contributed by atoms with Gasteiger partial charge in [-0.3, -0.25) is 9.59 Å². The second-order valence-corrected chi connectivity index (χ2v) is 9.13. The van der Waals surface area contributed by atoms with E-state index < -0.39 is 0 Å². The number of amides is 1. The second-order valence-electron chi connectivity index (χ2n) is 8.13. The minimum absolute atomic E-state index is 0.0931. The fourth-order valence-corrected chi connectivity index (χ4v) is 4.95. The van der Waals surface area contributed by atoms with E-state index in [4.69, 9.17) is 8.83 Å². The molecule has 9 nitrogen and oxygen atoms in total. The van der Waals surface area contributed by atoms with Crippen molar-refractivity contribution in [3.8, 4) is 29.0 Å². The number of carbonyl (C=O) groups excluding carboxylic acids is 2. The average molecular weight is 488 g/mol. The van der Waals surface area contributed by atoms with E-state index in [2.05, 4.69) is 21.4 Å². The lowest BCUT2D eigenvalue weighted by atomic mass is 9.96. The van der Waals surface area contributed by atoms with Crippen molar-refractivity contribution in [3.63, 3.8) is 0 Å². The summed E-state index contributed by atoms with van der Waals surface area (Å²) in [6.07, 6.45) is 2.66. The number of aromatic nitrogens is 2. The van der Waals surface area contributed by atoms with E-state index >= 15 is 0 Å². The molecule has 3 aromatic heterocycles. The van der Waals surface area contributed by atoms with Crippen LogP contribution in [-0.4, -0.2) is 34.7 Å². The summed E-state index contributed by atoms with van der Waals surface area (Å²) in [6, 6.07) is 14.9. The number of Topliss-reactive ketones (excluding diaryl/α,β-unsaturated/α-hetero) is 1. The van der Waals surface area contributed by atoms with Crippen LogP contribution in [0.15, 0.2) is 57.6 Å². The van der Waals surface area contributed by atoms with Gasteiger partial charge in [-0.15, -0.1) is 0 Å². The van der Waals surface area contributed by atoms with Crippen molar-refractivity contribution in [2.24, 2.45) is 5.92 Å². The fraction of sp³-hybridized carbons (Fsp3) is 0.240. The monoisotopic (exact) mass is 487 g/mol. The molecule has 1 aromatic carbocycles. The topological polar surface area (TPSA) is 125 Å². The SMILES string of the molecule is CC(=O)c1sc(NC(=O)C2CCN(c3oc(-c4ccco4)nc3C#N)CC2)nc1-c1ccccc1. The van der Waals surface area contributed by atoms with Crippen molar-refractivity contribution in [1.82, 2.24) is 9.97 Å². The van der Waals surface area contributed by atoms with Crippen LogP contribution in [0.1, 0.15) is 35.1 Å². The Hall–Kier alpha value is -4.23. The number of thiazole rings is 1. The number of nitriles is 1. The molecule has 0 atom stereocenters. The Bertz CT molecular complexity index is 1390. The van der Waals surface area contributed by atoms with Crippen molar-refractivity contribution < 1.29 is 18.4 Å². The fourth-order valence-electron chi connectivity index (χ4n) is 4.06. The van der Waals surface area contributed by atoms with Gasteiger partial charge in [0.2, 0.25) is 17.5 Å². The summed E-state index contributed by atoms with van der Waals surface area (Å²) in [5.41, 5.74) is 1.60. The molecule has 1 saturated heterocycles. The molecule has 1 fully saturated rings. The molecule has 0 spiro atoms. The van der Waals surface area contributed by atoms with Crippen molar-refractivity contribution in [2.75, 3.05) is 23.3 Å². The molecule has 0 radical (unpaired) electrons. The molecule has 10 heteroatoms. The normalized spacial score (nSPS) is 14.0. The van der Waals surface area contributed by atoms with Crippen molar-refractivity contribution in [1.29, 1.82) is 5.26 Å².